The number of nitrogens with one attached hydrogen (secondary N) is 1. The number of aryl methyl sites for hydroxylation is 1. The summed E-state index contributed by atoms with van der Waals surface area (Å²) in [7, 11) is 1.54. The van der Waals surface area contributed by atoms with Crippen molar-refractivity contribution < 1.29 is 27.8 Å². The lowest BCUT2D eigenvalue weighted by Gasteiger charge is -2.09. The van der Waals surface area contributed by atoms with E-state index < -0.39 is 18.3 Å². The second kappa shape index (κ2) is 10.2. The molecule has 0 radical (unpaired) electrons. The molecule has 2 N–H and O–H groups in total. The number of thiophene rings is 1. The van der Waals surface area contributed by atoms with Gasteiger partial charge in [0.15, 0.2) is 0 Å². The van der Waals surface area contributed by atoms with Crippen LogP contribution in [0.4, 0.5) is 13.2 Å². The lowest BCUT2D eigenvalue weighted by Crippen LogP contribution is -2.28. The van der Waals surface area contributed by atoms with Crippen LogP contribution in [0.5, 0.6) is 0 Å². The molecule has 4 aromatic rings. The molecule has 184 valence electrons. The Kier molecular flexibility index (Phi) is 7.25. The largest absolute Gasteiger partial charge is 0.416 e. The van der Waals surface area contributed by atoms with Gasteiger partial charge in [-0.3, -0.25) is 4.79 Å². The fourth-order valence-corrected chi connectivity index (χ4v) is 5.18. The Bertz CT molecular complexity index is 1360. The molecule has 0 unspecified atom stereocenters. The molecular formula is C25H24F3N3O3S. The first-order valence-electron chi connectivity index (χ1n) is 10.9. The Hall–Kier alpha value is -3.21. The highest BCUT2D eigenvalue weighted by molar-refractivity contribution is 7.19. The molecule has 4 rings (SSSR count). The van der Waals surface area contributed by atoms with Crippen LogP contribution in [0.3, 0.4) is 0 Å². The molecule has 2 aromatic carbocycles. The van der Waals surface area contributed by atoms with Gasteiger partial charge in [0.25, 0.3) is 5.91 Å². The number of carbonyl (C=O) groups excluding carboxylic acids is 1. The van der Waals surface area contributed by atoms with E-state index in [0.29, 0.717) is 47.8 Å². The summed E-state index contributed by atoms with van der Waals surface area (Å²) in [6.45, 7) is 1.99. The van der Waals surface area contributed by atoms with E-state index in [2.05, 4.69) is 10.4 Å². The normalized spacial score (nSPS) is 11.8. The van der Waals surface area contributed by atoms with Crippen LogP contribution in [0.15, 0.2) is 48.5 Å². The van der Waals surface area contributed by atoms with Gasteiger partial charge in [0.2, 0.25) is 0 Å². The Balaban J connectivity index is 1.70. The number of halogens is 3. The number of carbonyl (C=O) groups is 1. The molecule has 2 heterocycles. The monoisotopic (exact) mass is 503 g/mol. The van der Waals surface area contributed by atoms with Gasteiger partial charge in [0, 0.05) is 25.0 Å². The number of alkyl halides is 3. The molecule has 1 amide bonds. The van der Waals surface area contributed by atoms with Gasteiger partial charge >= 0.3 is 6.18 Å². The molecule has 0 fully saturated rings. The third-order valence-corrected chi connectivity index (χ3v) is 6.73. The third kappa shape index (κ3) is 5.24. The first kappa shape index (κ1) is 24.9. The molecule has 0 saturated heterocycles. The minimum atomic E-state index is -4.39. The van der Waals surface area contributed by atoms with Crippen LogP contribution in [0.1, 0.15) is 37.7 Å². The average molecular weight is 504 g/mol. The number of amides is 1. The van der Waals surface area contributed by atoms with Crippen LogP contribution >= 0.6 is 11.3 Å². The number of nitrogens with zero attached hydrogens (tertiary/aromatic N) is 2. The summed E-state index contributed by atoms with van der Waals surface area (Å²) in [5, 5.41) is 18.3. The number of rotatable bonds is 8. The topological polar surface area (TPSA) is 76.4 Å². The fourth-order valence-electron chi connectivity index (χ4n) is 3.98. The van der Waals surface area contributed by atoms with Crippen molar-refractivity contribution in [3.05, 3.63) is 81.5 Å². The van der Waals surface area contributed by atoms with Crippen LogP contribution < -0.4 is 5.32 Å². The van der Waals surface area contributed by atoms with E-state index in [9.17, 15) is 23.1 Å². The predicted molar refractivity (Wildman–Crippen MR) is 128 cm³/mol. The molecule has 35 heavy (non-hydrogen) atoms. The number of ether oxygens (including phenoxy) is 1. The van der Waals surface area contributed by atoms with Gasteiger partial charge in [-0.05, 0) is 36.1 Å². The van der Waals surface area contributed by atoms with E-state index in [4.69, 9.17) is 4.74 Å². The van der Waals surface area contributed by atoms with E-state index in [1.165, 1.54) is 30.6 Å². The van der Waals surface area contributed by atoms with Crippen molar-refractivity contribution in [2.24, 2.45) is 0 Å². The number of hydrogen-bond donors (Lipinski definition) is 2. The lowest BCUT2D eigenvalue weighted by atomic mass is 10.1. The molecule has 2 aromatic heterocycles. The second-order valence-corrected chi connectivity index (χ2v) is 9.15. The van der Waals surface area contributed by atoms with Crippen molar-refractivity contribution in [1.82, 2.24) is 15.1 Å². The predicted octanol–water partition coefficient (Wildman–Crippen LogP) is 4.87. The fraction of sp³-hybridized carbons (Fsp3) is 0.280. The molecular weight excluding hydrogens is 479 g/mol. The Morgan fingerprint density at radius 2 is 1.97 bits per heavy atom. The molecule has 0 atom stereocenters. The number of methoxy groups -OCH3 is 1. The molecule has 0 aliphatic rings. The van der Waals surface area contributed by atoms with Gasteiger partial charge < -0.3 is 15.2 Å². The van der Waals surface area contributed by atoms with E-state index >= 15 is 0 Å². The highest BCUT2D eigenvalue weighted by Crippen LogP contribution is 2.35. The van der Waals surface area contributed by atoms with Crippen molar-refractivity contribution >= 4 is 27.3 Å². The third-order valence-electron chi connectivity index (χ3n) is 5.56. The van der Waals surface area contributed by atoms with Crippen LogP contribution in [-0.2, 0) is 23.9 Å². The first-order chi connectivity index (χ1) is 16.7. The summed E-state index contributed by atoms with van der Waals surface area (Å²) in [5.74, 6) is -0.349. The maximum absolute atomic E-state index is 13.1. The van der Waals surface area contributed by atoms with Gasteiger partial charge in [0.05, 0.1) is 46.1 Å². The molecule has 0 saturated carbocycles. The highest BCUT2D eigenvalue weighted by Gasteiger charge is 2.30. The van der Waals surface area contributed by atoms with Gasteiger partial charge in [0.1, 0.15) is 0 Å². The summed E-state index contributed by atoms with van der Waals surface area (Å²) in [6, 6.07) is 12.9. The van der Waals surface area contributed by atoms with Crippen LogP contribution in [0.2, 0.25) is 0 Å². The zero-order valence-corrected chi connectivity index (χ0v) is 20.0. The van der Waals surface area contributed by atoms with Gasteiger partial charge in [-0.2, -0.15) is 18.3 Å². The molecule has 0 spiro atoms. The highest BCUT2D eigenvalue weighted by atomic mass is 32.1. The van der Waals surface area contributed by atoms with Gasteiger partial charge in [-0.1, -0.05) is 30.3 Å². The Morgan fingerprint density at radius 3 is 2.69 bits per heavy atom. The second-order valence-electron chi connectivity index (χ2n) is 8.01. The molecule has 0 aliphatic heterocycles. The maximum Gasteiger partial charge on any atom is 0.416 e. The minimum absolute atomic E-state index is 0.307. The Labute approximate surface area is 204 Å². The van der Waals surface area contributed by atoms with Gasteiger partial charge in [-0.25, -0.2) is 4.68 Å². The number of fused-ring (bicyclic) bond motifs is 1. The standard InChI is InChI=1S/C25H24F3N3O3S/c1-15-22(24(33)29-9-10-34-2)21(14-32)31(30-15)20-8-4-6-17-13-19(35-23(17)20)12-16-5-3-7-18(11-16)25(26,27)28/h3-8,11,13,32H,9-10,12,14H2,1-2H3,(H,29,33). The quantitative estimate of drug-likeness (QED) is 0.336. The van der Waals surface area contributed by atoms with Crippen molar-refractivity contribution in [2.75, 3.05) is 20.3 Å². The summed E-state index contributed by atoms with van der Waals surface area (Å²) in [4.78, 5) is 13.6. The summed E-state index contributed by atoms with van der Waals surface area (Å²) in [5.41, 5.74) is 1.72. The molecule has 10 heteroatoms. The van der Waals surface area contributed by atoms with Crippen molar-refractivity contribution in [2.45, 2.75) is 26.1 Å². The summed E-state index contributed by atoms with van der Waals surface area (Å²) < 4.78 is 46.7. The lowest BCUT2D eigenvalue weighted by molar-refractivity contribution is -0.137. The van der Waals surface area contributed by atoms with E-state index in [-0.39, 0.29) is 5.91 Å². The Morgan fingerprint density at radius 1 is 1.20 bits per heavy atom. The number of aromatic nitrogens is 2. The van der Waals surface area contributed by atoms with Crippen molar-refractivity contribution in [3.63, 3.8) is 0 Å². The zero-order chi connectivity index (χ0) is 25.2. The number of hydrogen-bond acceptors (Lipinski definition) is 5. The SMILES string of the molecule is COCCNC(=O)c1c(C)nn(-c2cccc3cc(Cc4cccc(C(F)(F)F)c4)sc23)c1CO. The van der Waals surface area contributed by atoms with E-state index in [1.54, 1.807) is 17.7 Å². The number of aliphatic hydroxyl groups is 1. The van der Waals surface area contributed by atoms with Crippen molar-refractivity contribution in [1.29, 1.82) is 0 Å². The smallest absolute Gasteiger partial charge is 0.390 e. The average Bonchev–Trinajstić information content (AvgIpc) is 3.38. The number of benzene rings is 2. The van der Waals surface area contributed by atoms with E-state index in [0.717, 1.165) is 21.0 Å². The zero-order valence-electron chi connectivity index (χ0n) is 19.1. The van der Waals surface area contributed by atoms with Crippen LogP contribution in [0, 0.1) is 6.92 Å². The van der Waals surface area contributed by atoms with Crippen LogP contribution in [0.25, 0.3) is 15.8 Å². The number of aliphatic hydroxyl groups excluding tert-OH is 1. The maximum atomic E-state index is 13.1. The summed E-state index contributed by atoms with van der Waals surface area (Å²) in [6.07, 6.45) is -4.05. The molecule has 0 aliphatic carbocycles. The van der Waals surface area contributed by atoms with E-state index in [1.807, 2.05) is 24.3 Å². The minimum Gasteiger partial charge on any atom is -0.390 e. The first-order valence-corrected chi connectivity index (χ1v) is 11.7. The molecule has 0 bridgehead atoms. The van der Waals surface area contributed by atoms with Crippen LogP contribution in [-0.4, -0.2) is 41.1 Å². The molecule has 6 nitrogen and oxygen atoms in total. The van der Waals surface area contributed by atoms with Crippen molar-refractivity contribution in [3.8, 4) is 5.69 Å². The summed E-state index contributed by atoms with van der Waals surface area (Å²) >= 11 is 1.45. The van der Waals surface area contributed by atoms with Gasteiger partial charge in [-0.15, -0.1) is 11.3 Å².